The minimum absolute atomic E-state index is 0.0883. The molecule has 0 radical (unpaired) electrons. The SMILES string of the molecule is Cc1cccc(CN2CC[C@@]3(C)[C@@H]2CCC(=O)N3Cc2ccccc2)n1. The zero-order chi connectivity index (χ0) is 18.1. The van der Waals surface area contributed by atoms with Gasteiger partial charge in [0.15, 0.2) is 0 Å². The Bertz CT molecular complexity index is 791. The van der Waals surface area contributed by atoms with Crippen LogP contribution in [0.3, 0.4) is 0 Å². The first-order valence-corrected chi connectivity index (χ1v) is 9.57. The van der Waals surface area contributed by atoms with Crippen molar-refractivity contribution in [1.29, 1.82) is 0 Å². The molecular weight excluding hydrogens is 322 g/mol. The monoisotopic (exact) mass is 349 g/mol. The van der Waals surface area contributed by atoms with Gasteiger partial charge in [-0.15, -0.1) is 0 Å². The van der Waals surface area contributed by atoms with E-state index in [0.29, 0.717) is 24.9 Å². The van der Waals surface area contributed by atoms with Gasteiger partial charge in [-0.2, -0.15) is 0 Å². The fraction of sp³-hybridized carbons (Fsp3) is 0.455. The number of likely N-dealkylation sites (tertiary alicyclic amines) is 2. The topological polar surface area (TPSA) is 36.4 Å². The third-order valence-corrected chi connectivity index (χ3v) is 6.11. The summed E-state index contributed by atoms with van der Waals surface area (Å²) in [5.41, 5.74) is 3.31. The Labute approximate surface area is 155 Å². The first-order valence-electron chi connectivity index (χ1n) is 9.57. The van der Waals surface area contributed by atoms with E-state index < -0.39 is 0 Å². The number of carbonyl (C=O) groups is 1. The molecule has 1 amide bonds. The second-order valence-electron chi connectivity index (χ2n) is 7.87. The van der Waals surface area contributed by atoms with E-state index in [1.165, 1.54) is 5.56 Å². The molecule has 0 spiro atoms. The zero-order valence-electron chi connectivity index (χ0n) is 15.7. The number of piperidine rings is 1. The maximum atomic E-state index is 12.8. The Kier molecular flexibility index (Phi) is 4.53. The second kappa shape index (κ2) is 6.84. The van der Waals surface area contributed by atoms with Gasteiger partial charge in [0, 0.05) is 37.8 Å². The third-order valence-electron chi connectivity index (χ3n) is 6.11. The second-order valence-corrected chi connectivity index (χ2v) is 7.87. The summed E-state index contributed by atoms with van der Waals surface area (Å²) in [6.45, 7) is 6.92. The number of aromatic nitrogens is 1. The van der Waals surface area contributed by atoms with E-state index in [4.69, 9.17) is 0 Å². The molecule has 1 aromatic heterocycles. The maximum absolute atomic E-state index is 12.8. The molecule has 0 unspecified atom stereocenters. The molecule has 2 aromatic rings. The van der Waals surface area contributed by atoms with Crippen LogP contribution in [0.15, 0.2) is 48.5 Å². The predicted octanol–water partition coefficient (Wildman–Crippen LogP) is 3.55. The normalized spacial score (nSPS) is 26.2. The summed E-state index contributed by atoms with van der Waals surface area (Å²) < 4.78 is 0. The van der Waals surface area contributed by atoms with Crippen LogP contribution in [0.5, 0.6) is 0 Å². The summed E-state index contributed by atoms with van der Waals surface area (Å²) in [5.74, 6) is 0.295. The quantitative estimate of drug-likeness (QED) is 0.847. The van der Waals surface area contributed by atoms with Gasteiger partial charge in [-0.25, -0.2) is 0 Å². The third kappa shape index (κ3) is 3.14. The zero-order valence-corrected chi connectivity index (χ0v) is 15.7. The fourth-order valence-corrected chi connectivity index (χ4v) is 4.69. The average molecular weight is 349 g/mol. The standard InChI is InChI=1S/C22H27N3O/c1-17-7-6-10-19(23-17)16-24-14-13-22(2)20(24)11-12-21(26)25(22)15-18-8-4-3-5-9-18/h3-10,20H,11-16H2,1-2H3/t20-,22-/m0/s1. The van der Waals surface area contributed by atoms with Crippen LogP contribution >= 0.6 is 0 Å². The Hall–Kier alpha value is -2.20. The van der Waals surface area contributed by atoms with E-state index in [0.717, 1.165) is 37.3 Å². The molecule has 2 aliphatic rings. The molecule has 2 atom stereocenters. The van der Waals surface area contributed by atoms with Gasteiger partial charge < -0.3 is 4.90 Å². The Morgan fingerprint density at radius 2 is 1.92 bits per heavy atom. The number of hydrogen-bond acceptors (Lipinski definition) is 3. The van der Waals surface area contributed by atoms with Crippen LogP contribution in [-0.4, -0.2) is 38.8 Å². The molecular formula is C22H27N3O. The van der Waals surface area contributed by atoms with Crippen molar-refractivity contribution in [2.45, 2.75) is 57.8 Å². The number of hydrogen-bond donors (Lipinski definition) is 0. The highest BCUT2D eigenvalue weighted by molar-refractivity contribution is 5.78. The molecule has 0 aliphatic carbocycles. The van der Waals surface area contributed by atoms with Crippen LogP contribution in [0.2, 0.25) is 0 Å². The van der Waals surface area contributed by atoms with Crippen LogP contribution in [0.4, 0.5) is 0 Å². The number of rotatable bonds is 4. The summed E-state index contributed by atoms with van der Waals surface area (Å²) >= 11 is 0. The average Bonchev–Trinajstić information content (AvgIpc) is 2.95. The van der Waals surface area contributed by atoms with Gasteiger partial charge in [-0.1, -0.05) is 36.4 Å². The van der Waals surface area contributed by atoms with E-state index >= 15 is 0 Å². The van der Waals surface area contributed by atoms with Crippen LogP contribution in [-0.2, 0) is 17.9 Å². The Morgan fingerprint density at radius 1 is 1.12 bits per heavy atom. The first-order chi connectivity index (χ1) is 12.6. The molecule has 0 N–H and O–H groups in total. The minimum Gasteiger partial charge on any atom is -0.331 e. The highest BCUT2D eigenvalue weighted by Crippen LogP contribution is 2.41. The highest BCUT2D eigenvalue weighted by Gasteiger charge is 2.51. The molecule has 2 fully saturated rings. The largest absolute Gasteiger partial charge is 0.331 e. The van der Waals surface area contributed by atoms with Crippen LogP contribution in [0.25, 0.3) is 0 Å². The molecule has 2 saturated heterocycles. The van der Waals surface area contributed by atoms with Gasteiger partial charge in [-0.3, -0.25) is 14.7 Å². The van der Waals surface area contributed by atoms with Gasteiger partial charge in [0.2, 0.25) is 5.91 Å². The van der Waals surface area contributed by atoms with Gasteiger partial charge >= 0.3 is 0 Å². The van der Waals surface area contributed by atoms with Crippen molar-refractivity contribution in [2.75, 3.05) is 6.54 Å². The van der Waals surface area contributed by atoms with E-state index in [1.807, 2.05) is 31.2 Å². The fourth-order valence-electron chi connectivity index (χ4n) is 4.69. The molecule has 3 heterocycles. The Morgan fingerprint density at radius 3 is 2.69 bits per heavy atom. The number of benzene rings is 1. The van der Waals surface area contributed by atoms with Crippen LogP contribution < -0.4 is 0 Å². The predicted molar refractivity (Wildman–Crippen MR) is 102 cm³/mol. The minimum atomic E-state index is -0.0883. The number of fused-ring (bicyclic) bond motifs is 1. The lowest BCUT2D eigenvalue weighted by Gasteiger charge is -2.48. The number of pyridine rings is 1. The Balaban J connectivity index is 1.55. The summed E-state index contributed by atoms with van der Waals surface area (Å²) in [4.78, 5) is 22.1. The van der Waals surface area contributed by atoms with E-state index in [1.54, 1.807) is 0 Å². The van der Waals surface area contributed by atoms with E-state index in [2.05, 4.69) is 46.0 Å². The van der Waals surface area contributed by atoms with Crippen LogP contribution in [0, 0.1) is 6.92 Å². The molecule has 0 saturated carbocycles. The molecule has 4 heteroatoms. The molecule has 2 aliphatic heterocycles. The van der Waals surface area contributed by atoms with Crippen LogP contribution in [0.1, 0.15) is 43.1 Å². The van der Waals surface area contributed by atoms with Crippen molar-refractivity contribution in [3.8, 4) is 0 Å². The number of amides is 1. The van der Waals surface area contributed by atoms with Gasteiger partial charge in [0.25, 0.3) is 0 Å². The van der Waals surface area contributed by atoms with Crippen molar-refractivity contribution in [2.24, 2.45) is 0 Å². The lowest BCUT2D eigenvalue weighted by Crippen LogP contribution is -2.59. The van der Waals surface area contributed by atoms with Crippen molar-refractivity contribution < 1.29 is 4.79 Å². The van der Waals surface area contributed by atoms with Crippen molar-refractivity contribution in [3.63, 3.8) is 0 Å². The van der Waals surface area contributed by atoms with Gasteiger partial charge in [-0.05, 0) is 44.4 Å². The van der Waals surface area contributed by atoms with Crippen molar-refractivity contribution >= 4 is 5.91 Å². The smallest absolute Gasteiger partial charge is 0.223 e. The number of nitrogens with zero attached hydrogens (tertiary/aromatic N) is 3. The molecule has 4 nitrogen and oxygen atoms in total. The molecule has 0 bridgehead atoms. The summed E-state index contributed by atoms with van der Waals surface area (Å²) in [6, 6.07) is 17.0. The van der Waals surface area contributed by atoms with Crippen molar-refractivity contribution in [1.82, 2.24) is 14.8 Å². The van der Waals surface area contributed by atoms with E-state index in [-0.39, 0.29) is 5.54 Å². The van der Waals surface area contributed by atoms with E-state index in [9.17, 15) is 4.79 Å². The first kappa shape index (κ1) is 17.2. The lowest BCUT2D eigenvalue weighted by atomic mass is 9.83. The molecule has 1 aromatic carbocycles. The molecule has 26 heavy (non-hydrogen) atoms. The molecule has 136 valence electrons. The summed E-state index contributed by atoms with van der Waals surface area (Å²) in [5, 5.41) is 0. The highest BCUT2D eigenvalue weighted by atomic mass is 16.2. The summed E-state index contributed by atoms with van der Waals surface area (Å²) in [6.07, 6.45) is 2.62. The summed E-state index contributed by atoms with van der Waals surface area (Å²) in [7, 11) is 0. The number of aryl methyl sites for hydroxylation is 1. The molecule has 4 rings (SSSR count). The van der Waals surface area contributed by atoms with Crippen molar-refractivity contribution in [3.05, 3.63) is 65.5 Å². The van der Waals surface area contributed by atoms with Gasteiger partial charge in [0.1, 0.15) is 0 Å². The van der Waals surface area contributed by atoms with Gasteiger partial charge in [0.05, 0.1) is 11.2 Å². The number of carbonyl (C=O) groups excluding carboxylic acids is 1. The maximum Gasteiger partial charge on any atom is 0.223 e. The lowest BCUT2D eigenvalue weighted by molar-refractivity contribution is -0.144.